The predicted molar refractivity (Wildman–Crippen MR) is 55.0 cm³/mol. The average Bonchev–Trinajstić information content (AvgIpc) is 2.84. The number of imidazole rings is 1. The summed E-state index contributed by atoms with van der Waals surface area (Å²) in [4.78, 5) is 11.3. The van der Waals surface area contributed by atoms with Crippen molar-refractivity contribution in [2.75, 3.05) is 6.54 Å². The highest BCUT2D eigenvalue weighted by molar-refractivity contribution is 4.87. The van der Waals surface area contributed by atoms with E-state index >= 15 is 0 Å². The summed E-state index contributed by atoms with van der Waals surface area (Å²) in [5.41, 5.74) is 0. The quantitative estimate of drug-likeness (QED) is 0.668. The molecule has 0 unspecified atom stereocenters. The van der Waals surface area contributed by atoms with Crippen LogP contribution in [0.4, 0.5) is 0 Å². The molecular formula is C9H14N6. The number of aromatic amines is 1. The second-order valence-electron chi connectivity index (χ2n) is 3.30. The largest absolute Gasteiger partial charge is 0.348 e. The first kappa shape index (κ1) is 9.85. The van der Waals surface area contributed by atoms with Gasteiger partial charge in [0.05, 0.1) is 6.54 Å². The first-order valence-corrected chi connectivity index (χ1v) is 4.88. The molecule has 2 N–H and O–H groups in total. The molecule has 0 aliphatic rings. The Bertz CT molecular complexity index is 390. The van der Waals surface area contributed by atoms with E-state index in [9.17, 15) is 0 Å². The van der Waals surface area contributed by atoms with Gasteiger partial charge < -0.3 is 10.3 Å². The van der Waals surface area contributed by atoms with Crippen molar-refractivity contribution < 1.29 is 0 Å². The Labute approximate surface area is 87.8 Å². The molecule has 2 heterocycles. The molecular weight excluding hydrogens is 192 g/mol. The van der Waals surface area contributed by atoms with E-state index in [-0.39, 0.29) is 0 Å². The van der Waals surface area contributed by atoms with Crippen molar-refractivity contribution in [2.45, 2.75) is 13.0 Å². The fourth-order valence-electron chi connectivity index (χ4n) is 1.30. The minimum absolute atomic E-state index is 0.750. The van der Waals surface area contributed by atoms with E-state index in [4.69, 9.17) is 0 Å². The fraction of sp³-hybridized carbons (Fsp3) is 0.444. The number of nitrogens with one attached hydrogen (secondary N) is 2. The molecule has 0 fully saturated rings. The summed E-state index contributed by atoms with van der Waals surface area (Å²) in [6.07, 6.45) is 6.11. The molecule has 0 amide bonds. The van der Waals surface area contributed by atoms with Gasteiger partial charge in [-0.25, -0.2) is 9.97 Å². The van der Waals surface area contributed by atoms with Crippen molar-refractivity contribution in [1.82, 2.24) is 30.0 Å². The molecule has 2 rings (SSSR count). The second-order valence-corrected chi connectivity index (χ2v) is 3.30. The summed E-state index contributed by atoms with van der Waals surface area (Å²) < 4.78 is 1.71. The van der Waals surface area contributed by atoms with Crippen LogP contribution in [0, 0.1) is 0 Å². The van der Waals surface area contributed by atoms with Crippen LogP contribution in [-0.4, -0.2) is 31.3 Å². The highest BCUT2D eigenvalue weighted by atomic mass is 15.3. The van der Waals surface area contributed by atoms with Crippen LogP contribution in [0.3, 0.4) is 0 Å². The minimum Gasteiger partial charge on any atom is -0.348 e. The standard InChI is InChI=1S/C9H14N6/c1-15-7-13-8(14-15)2-3-10-6-9-11-4-5-12-9/h4-5,7,10H,2-3,6H2,1H3,(H,11,12). The van der Waals surface area contributed by atoms with Crippen LogP contribution in [0.5, 0.6) is 0 Å². The smallest absolute Gasteiger partial charge is 0.151 e. The number of hydrogen-bond donors (Lipinski definition) is 2. The maximum atomic E-state index is 4.19. The third-order valence-electron chi connectivity index (χ3n) is 2.02. The molecule has 0 bridgehead atoms. The van der Waals surface area contributed by atoms with Gasteiger partial charge in [-0.05, 0) is 0 Å². The second kappa shape index (κ2) is 4.70. The Morgan fingerprint density at radius 2 is 2.40 bits per heavy atom. The number of hydrogen-bond acceptors (Lipinski definition) is 4. The highest BCUT2D eigenvalue weighted by Gasteiger charge is 1.98. The van der Waals surface area contributed by atoms with Crippen LogP contribution in [0.15, 0.2) is 18.7 Å². The predicted octanol–water partition coefficient (Wildman–Crippen LogP) is -0.130. The lowest BCUT2D eigenvalue weighted by Gasteiger charge is -1.99. The minimum atomic E-state index is 0.750. The van der Waals surface area contributed by atoms with Crippen molar-refractivity contribution in [2.24, 2.45) is 7.05 Å². The lowest BCUT2D eigenvalue weighted by Crippen LogP contribution is -2.18. The average molecular weight is 206 g/mol. The molecule has 2 aromatic rings. The van der Waals surface area contributed by atoms with Gasteiger partial charge in [-0.3, -0.25) is 4.68 Å². The molecule has 6 nitrogen and oxygen atoms in total. The van der Waals surface area contributed by atoms with Gasteiger partial charge in [0, 0.05) is 32.4 Å². The molecule has 0 radical (unpaired) electrons. The van der Waals surface area contributed by atoms with E-state index in [1.807, 2.05) is 13.2 Å². The van der Waals surface area contributed by atoms with Crippen LogP contribution in [0.1, 0.15) is 11.6 Å². The van der Waals surface area contributed by atoms with Crippen molar-refractivity contribution in [3.05, 3.63) is 30.4 Å². The van der Waals surface area contributed by atoms with Crippen molar-refractivity contribution in [3.63, 3.8) is 0 Å². The summed E-state index contributed by atoms with van der Waals surface area (Å²) >= 11 is 0. The normalized spacial score (nSPS) is 10.7. The fourth-order valence-corrected chi connectivity index (χ4v) is 1.30. The zero-order valence-electron chi connectivity index (χ0n) is 8.64. The molecule has 0 saturated carbocycles. The Morgan fingerprint density at radius 3 is 3.07 bits per heavy atom. The number of rotatable bonds is 5. The molecule has 80 valence electrons. The monoisotopic (exact) mass is 206 g/mol. The van der Waals surface area contributed by atoms with Crippen LogP contribution in [-0.2, 0) is 20.0 Å². The van der Waals surface area contributed by atoms with Gasteiger partial charge in [0.15, 0.2) is 5.82 Å². The maximum absolute atomic E-state index is 4.19. The van der Waals surface area contributed by atoms with Crippen molar-refractivity contribution in [3.8, 4) is 0 Å². The Balaban J connectivity index is 1.67. The maximum Gasteiger partial charge on any atom is 0.151 e. The molecule has 0 aromatic carbocycles. The molecule has 2 aromatic heterocycles. The first-order chi connectivity index (χ1) is 7.34. The summed E-state index contributed by atoms with van der Waals surface area (Å²) in [6.45, 7) is 1.60. The van der Waals surface area contributed by atoms with Gasteiger partial charge in [0.2, 0.25) is 0 Å². The number of aryl methyl sites for hydroxylation is 1. The first-order valence-electron chi connectivity index (χ1n) is 4.88. The molecule has 0 aliphatic heterocycles. The van der Waals surface area contributed by atoms with Gasteiger partial charge in [-0.15, -0.1) is 0 Å². The Morgan fingerprint density at radius 1 is 1.47 bits per heavy atom. The zero-order valence-corrected chi connectivity index (χ0v) is 8.64. The lowest BCUT2D eigenvalue weighted by atomic mass is 10.4. The summed E-state index contributed by atoms with van der Waals surface area (Å²) in [5.74, 6) is 1.81. The van der Waals surface area contributed by atoms with E-state index in [0.29, 0.717) is 0 Å². The van der Waals surface area contributed by atoms with Gasteiger partial charge >= 0.3 is 0 Å². The van der Waals surface area contributed by atoms with Crippen LogP contribution in [0.25, 0.3) is 0 Å². The van der Waals surface area contributed by atoms with Gasteiger partial charge in [-0.2, -0.15) is 5.10 Å². The lowest BCUT2D eigenvalue weighted by molar-refractivity contribution is 0.645. The number of H-pyrrole nitrogens is 1. The number of aromatic nitrogens is 5. The summed E-state index contributed by atoms with van der Waals surface area (Å²) in [7, 11) is 1.87. The molecule has 0 saturated heterocycles. The van der Waals surface area contributed by atoms with Crippen LogP contribution >= 0.6 is 0 Å². The number of nitrogens with zero attached hydrogens (tertiary/aromatic N) is 4. The zero-order chi connectivity index (χ0) is 10.5. The molecule has 0 aliphatic carbocycles. The van der Waals surface area contributed by atoms with Crippen LogP contribution in [0.2, 0.25) is 0 Å². The third kappa shape index (κ3) is 2.88. The van der Waals surface area contributed by atoms with E-state index in [1.54, 1.807) is 17.2 Å². The van der Waals surface area contributed by atoms with E-state index in [2.05, 4.69) is 25.4 Å². The SMILES string of the molecule is Cn1cnc(CCNCc2ncc[nH]2)n1. The molecule has 15 heavy (non-hydrogen) atoms. The van der Waals surface area contributed by atoms with Crippen molar-refractivity contribution >= 4 is 0 Å². The molecule has 0 atom stereocenters. The van der Waals surface area contributed by atoms with Crippen molar-refractivity contribution in [1.29, 1.82) is 0 Å². The molecule has 6 heteroatoms. The van der Waals surface area contributed by atoms with Crippen LogP contribution < -0.4 is 5.32 Å². The molecule has 0 spiro atoms. The Hall–Kier alpha value is -1.69. The van der Waals surface area contributed by atoms with E-state index in [1.165, 1.54) is 0 Å². The van der Waals surface area contributed by atoms with Gasteiger partial charge in [0.1, 0.15) is 12.2 Å². The topological polar surface area (TPSA) is 71.4 Å². The Kier molecular flexibility index (Phi) is 3.08. The van der Waals surface area contributed by atoms with Gasteiger partial charge in [0.25, 0.3) is 0 Å². The third-order valence-corrected chi connectivity index (χ3v) is 2.02. The highest BCUT2D eigenvalue weighted by Crippen LogP contribution is 1.90. The van der Waals surface area contributed by atoms with E-state index in [0.717, 1.165) is 31.2 Å². The summed E-state index contributed by atoms with van der Waals surface area (Å²) in [5, 5.41) is 7.45. The van der Waals surface area contributed by atoms with E-state index < -0.39 is 0 Å². The van der Waals surface area contributed by atoms with Gasteiger partial charge in [-0.1, -0.05) is 0 Å². The summed E-state index contributed by atoms with van der Waals surface area (Å²) in [6, 6.07) is 0.